The summed E-state index contributed by atoms with van der Waals surface area (Å²) in [5.74, 6) is 0. The molecule has 0 aliphatic heterocycles. The van der Waals surface area contributed by atoms with E-state index in [4.69, 9.17) is 11.6 Å². The number of fused-ring (bicyclic) bond motifs is 3. The highest BCUT2D eigenvalue weighted by atomic mass is 35.5. The second-order valence-corrected chi connectivity index (χ2v) is 11.4. The minimum absolute atomic E-state index is 0.512. The van der Waals surface area contributed by atoms with Gasteiger partial charge in [-0.25, -0.2) is 0 Å². The van der Waals surface area contributed by atoms with Crippen LogP contribution in [0.15, 0.2) is 48.5 Å². The molecule has 0 radical (unpaired) electrons. The monoisotopic (exact) mass is 523 g/mol. The maximum Gasteiger partial charge on any atom is 0.0923 e. The fourth-order valence-electron chi connectivity index (χ4n) is 5.60. The van der Waals surface area contributed by atoms with Gasteiger partial charge in [0.25, 0.3) is 0 Å². The van der Waals surface area contributed by atoms with Gasteiger partial charge in [0.15, 0.2) is 0 Å². The normalized spacial score (nSPS) is 12.7. The second kappa shape index (κ2) is 17.1. The van der Waals surface area contributed by atoms with Gasteiger partial charge < -0.3 is 10.0 Å². The van der Waals surface area contributed by atoms with Crippen LogP contribution in [-0.2, 0) is 0 Å². The van der Waals surface area contributed by atoms with Crippen LogP contribution in [0.2, 0.25) is 5.02 Å². The van der Waals surface area contributed by atoms with Gasteiger partial charge in [-0.15, -0.1) is 0 Å². The molecule has 3 rings (SSSR count). The van der Waals surface area contributed by atoms with Crippen molar-refractivity contribution in [1.29, 1.82) is 0 Å². The lowest BCUT2D eigenvalue weighted by Gasteiger charge is -2.26. The van der Waals surface area contributed by atoms with Crippen LogP contribution in [0.1, 0.15) is 115 Å². The Balaban J connectivity index is 1.66. The van der Waals surface area contributed by atoms with Crippen LogP contribution in [0.5, 0.6) is 0 Å². The van der Waals surface area contributed by atoms with E-state index in [0.717, 1.165) is 39.8 Å². The third kappa shape index (κ3) is 9.89. The minimum Gasteiger partial charge on any atom is -0.387 e. The summed E-state index contributed by atoms with van der Waals surface area (Å²) in [5.41, 5.74) is 1.02. The smallest absolute Gasteiger partial charge is 0.0923 e. The predicted molar refractivity (Wildman–Crippen MR) is 164 cm³/mol. The first-order chi connectivity index (χ1) is 18.1. The Kier molecular flexibility index (Phi) is 13.8. The van der Waals surface area contributed by atoms with E-state index < -0.39 is 6.10 Å². The molecule has 0 amide bonds. The van der Waals surface area contributed by atoms with Crippen LogP contribution in [0, 0.1) is 0 Å². The standard InChI is InChI=1S/C34H50ClNO/c1-3-5-7-9-11-13-17-23-36(24-18-14-12-10-8-6-4-2)27-34(37)33-25-28-19-15-16-20-30(28)32-26-29(35)21-22-31(32)33/h15-16,19-22,25-26,34,37H,3-14,17-18,23-24,27H2,1-2H3. The molecule has 0 saturated carbocycles. The topological polar surface area (TPSA) is 23.5 Å². The number of hydrogen-bond donors (Lipinski definition) is 1. The Morgan fingerprint density at radius 1 is 0.649 bits per heavy atom. The van der Waals surface area contributed by atoms with Crippen molar-refractivity contribution < 1.29 is 5.11 Å². The Bertz CT molecular complexity index is 1030. The number of hydrogen-bond acceptors (Lipinski definition) is 2. The average Bonchev–Trinajstić information content (AvgIpc) is 2.91. The van der Waals surface area contributed by atoms with Crippen LogP contribution in [0.25, 0.3) is 21.5 Å². The van der Waals surface area contributed by atoms with Crippen LogP contribution < -0.4 is 0 Å². The van der Waals surface area contributed by atoms with Crippen molar-refractivity contribution in [3.63, 3.8) is 0 Å². The minimum atomic E-state index is -0.512. The van der Waals surface area contributed by atoms with E-state index in [1.807, 2.05) is 12.1 Å². The lowest BCUT2D eigenvalue weighted by atomic mass is 9.94. The molecular weight excluding hydrogens is 474 g/mol. The molecule has 204 valence electrons. The molecule has 0 spiro atoms. The van der Waals surface area contributed by atoms with Crippen molar-refractivity contribution >= 4 is 33.1 Å². The summed E-state index contributed by atoms with van der Waals surface area (Å²) in [5, 5.41) is 16.9. The Hall–Kier alpha value is -1.61. The zero-order chi connectivity index (χ0) is 26.3. The molecule has 0 fully saturated rings. The largest absolute Gasteiger partial charge is 0.387 e. The summed E-state index contributed by atoms with van der Waals surface area (Å²) in [6.45, 7) is 7.42. The quantitative estimate of drug-likeness (QED) is 0.125. The van der Waals surface area contributed by atoms with Crippen molar-refractivity contribution in [2.75, 3.05) is 19.6 Å². The molecule has 1 atom stereocenters. The number of benzene rings is 3. The Morgan fingerprint density at radius 3 is 1.84 bits per heavy atom. The van der Waals surface area contributed by atoms with Gasteiger partial charge in [-0.3, -0.25) is 0 Å². The molecule has 1 N–H and O–H groups in total. The van der Waals surface area contributed by atoms with E-state index >= 15 is 0 Å². The average molecular weight is 524 g/mol. The predicted octanol–water partition coefficient (Wildman–Crippen LogP) is 10.5. The van der Waals surface area contributed by atoms with E-state index in [9.17, 15) is 5.11 Å². The van der Waals surface area contributed by atoms with Gasteiger partial charge in [0, 0.05) is 11.6 Å². The molecular formula is C34H50ClNO. The third-order valence-electron chi connectivity index (χ3n) is 7.80. The molecule has 1 unspecified atom stereocenters. The highest BCUT2D eigenvalue weighted by molar-refractivity contribution is 6.32. The highest BCUT2D eigenvalue weighted by Gasteiger charge is 2.18. The van der Waals surface area contributed by atoms with Crippen molar-refractivity contribution in [2.24, 2.45) is 0 Å². The van der Waals surface area contributed by atoms with Gasteiger partial charge in [-0.2, -0.15) is 0 Å². The van der Waals surface area contributed by atoms with Crippen molar-refractivity contribution in [3.8, 4) is 0 Å². The molecule has 0 aliphatic carbocycles. The summed E-state index contributed by atoms with van der Waals surface area (Å²) < 4.78 is 0. The van der Waals surface area contributed by atoms with Gasteiger partial charge in [-0.05, 0) is 71.2 Å². The first-order valence-corrected chi connectivity index (χ1v) is 15.5. The molecule has 0 bridgehead atoms. The summed E-state index contributed by atoms with van der Waals surface area (Å²) >= 11 is 6.39. The molecule has 0 saturated heterocycles. The molecule has 2 nitrogen and oxygen atoms in total. The molecule has 3 aromatic rings. The second-order valence-electron chi connectivity index (χ2n) is 10.9. The van der Waals surface area contributed by atoms with E-state index in [-0.39, 0.29) is 0 Å². The van der Waals surface area contributed by atoms with Crippen LogP contribution in [0.3, 0.4) is 0 Å². The third-order valence-corrected chi connectivity index (χ3v) is 8.04. The fraction of sp³-hybridized carbons (Fsp3) is 0.588. The number of nitrogens with zero attached hydrogens (tertiary/aromatic N) is 1. The first-order valence-electron chi connectivity index (χ1n) is 15.1. The number of aliphatic hydroxyl groups is 1. The Morgan fingerprint density at radius 2 is 1.22 bits per heavy atom. The van der Waals surface area contributed by atoms with Gasteiger partial charge in [0.05, 0.1) is 6.10 Å². The lowest BCUT2D eigenvalue weighted by molar-refractivity contribution is 0.111. The molecule has 37 heavy (non-hydrogen) atoms. The summed E-state index contributed by atoms with van der Waals surface area (Å²) in [6, 6.07) is 16.7. The first kappa shape index (κ1) is 29.9. The zero-order valence-electron chi connectivity index (χ0n) is 23.5. The number of halogens is 1. The summed E-state index contributed by atoms with van der Waals surface area (Å²) in [6.07, 6.45) is 18.0. The SMILES string of the molecule is CCCCCCCCCN(CCCCCCCCC)CC(O)c1cc2ccccc2c2cc(Cl)ccc12. The van der Waals surface area contributed by atoms with Crippen molar-refractivity contribution in [2.45, 2.75) is 110 Å². The van der Waals surface area contributed by atoms with Gasteiger partial charge in [0.1, 0.15) is 0 Å². The zero-order valence-corrected chi connectivity index (χ0v) is 24.2. The van der Waals surface area contributed by atoms with Gasteiger partial charge >= 0.3 is 0 Å². The maximum atomic E-state index is 11.5. The highest BCUT2D eigenvalue weighted by Crippen LogP contribution is 2.34. The Labute approximate surface area is 231 Å². The number of aliphatic hydroxyl groups excluding tert-OH is 1. The molecule has 0 aliphatic rings. The van der Waals surface area contributed by atoms with Crippen LogP contribution >= 0.6 is 11.6 Å². The molecule has 3 heteroatoms. The van der Waals surface area contributed by atoms with E-state index in [0.29, 0.717) is 6.54 Å². The van der Waals surface area contributed by atoms with Crippen molar-refractivity contribution in [3.05, 3.63) is 59.1 Å². The summed E-state index contributed by atoms with van der Waals surface area (Å²) in [4.78, 5) is 2.53. The fourth-order valence-corrected chi connectivity index (χ4v) is 5.77. The van der Waals surface area contributed by atoms with Crippen LogP contribution in [-0.4, -0.2) is 29.6 Å². The van der Waals surface area contributed by atoms with E-state index in [2.05, 4.69) is 55.1 Å². The number of rotatable bonds is 19. The van der Waals surface area contributed by atoms with Crippen LogP contribution in [0.4, 0.5) is 0 Å². The van der Waals surface area contributed by atoms with E-state index in [1.165, 1.54) is 95.3 Å². The van der Waals surface area contributed by atoms with Crippen molar-refractivity contribution in [1.82, 2.24) is 4.90 Å². The number of unbranched alkanes of at least 4 members (excludes halogenated alkanes) is 12. The molecule has 3 aromatic carbocycles. The molecule has 0 heterocycles. The van der Waals surface area contributed by atoms with Gasteiger partial charge in [-0.1, -0.05) is 133 Å². The lowest BCUT2D eigenvalue weighted by Crippen LogP contribution is -2.31. The van der Waals surface area contributed by atoms with E-state index in [1.54, 1.807) is 0 Å². The summed E-state index contributed by atoms with van der Waals surface area (Å²) in [7, 11) is 0. The molecule has 0 aromatic heterocycles. The maximum absolute atomic E-state index is 11.5. The van der Waals surface area contributed by atoms with Gasteiger partial charge in [0.2, 0.25) is 0 Å².